The molecular formula is C14H18N4O5. The highest BCUT2D eigenvalue weighted by Crippen LogP contribution is 2.34. The molecule has 1 heterocycles. The molecular weight excluding hydrogens is 304 g/mol. The van der Waals surface area contributed by atoms with Crippen LogP contribution in [0, 0.1) is 26.1 Å². The summed E-state index contributed by atoms with van der Waals surface area (Å²) in [4.78, 5) is 34.3. The van der Waals surface area contributed by atoms with Crippen LogP contribution in [0.3, 0.4) is 0 Å². The number of nitrogens with zero attached hydrogens (tertiary/aromatic N) is 3. The van der Waals surface area contributed by atoms with Gasteiger partial charge in [0.25, 0.3) is 11.4 Å². The van der Waals surface area contributed by atoms with Gasteiger partial charge in [-0.2, -0.15) is 0 Å². The third kappa shape index (κ3) is 3.74. The van der Waals surface area contributed by atoms with Crippen LogP contribution in [0.15, 0.2) is 18.2 Å². The lowest BCUT2D eigenvalue weighted by Crippen LogP contribution is -2.40. The summed E-state index contributed by atoms with van der Waals surface area (Å²) in [6.45, 7) is 3.43. The van der Waals surface area contributed by atoms with Crippen molar-refractivity contribution in [3.63, 3.8) is 0 Å². The summed E-state index contributed by atoms with van der Waals surface area (Å²) in [5.41, 5.74) is -0.233. The number of nitrogens with one attached hydrogen (secondary N) is 1. The normalized spacial score (nSPS) is 15.3. The lowest BCUT2D eigenvalue weighted by atomic mass is 9.95. The zero-order valence-electron chi connectivity index (χ0n) is 12.7. The van der Waals surface area contributed by atoms with Crippen LogP contribution in [0.4, 0.5) is 17.1 Å². The van der Waals surface area contributed by atoms with Gasteiger partial charge in [-0.05, 0) is 25.8 Å². The monoisotopic (exact) mass is 322 g/mol. The van der Waals surface area contributed by atoms with Crippen molar-refractivity contribution in [3.05, 3.63) is 38.4 Å². The number of hydrogen-bond acceptors (Lipinski definition) is 6. The molecule has 2 rings (SSSR count). The second-order valence-electron chi connectivity index (χ2n) is 5.34. The van der Waals surface area contributed by atoms with E-state index in [0.717, 1.165) is 6.07 Å². The van der Waals surface area contributed by atoms with Crippen molar-refractivity contribution in [1.82, 2.24) is 5.32 Å². The Morgan fingerprint density at radius 1 is 1.26 bits per heavy atom. The molecule has 0 unspecified atom stereocenters. The summed E-state index contributed by atoms with van der Waals surface area (Å²) < 4.78 is 0. The molecule has 23 heavy (non-hydrogen) atoms. The minimum atomic E-state index is -0.655. The van der Waals surface area contributed by atoms with Gasteiger partial charge in [-0.3, -0.25) is 25.0 Å². The van der Waals surface area contributed by atoms with Crippen molar-refractivity contribution in [1.29, 1.82) is 0 Å². The average Bonchev–Trinajstić information content (AvgIpc) is 2.54. The average molecular weight is 322 g/mol. The molecule has 1 amide bonds. The molecule has 9 nitrogen and oxygen atoms in total. The van der Waals surface area contributed by atoms with Crippen molar-refractivity contribution in [2.45, 2.75) is 19.8 Å². The molecule has 0 bridgehead atoms. The summed E-state index contributed by atoms with van der Waals surface area (Å²) >= 11 is 0. The Morgan fingerprint density at radius 2 is 1.91 bits per heavy atom. The number of nitro benzene ring substituents is 2. The van der Waals surface area contributed by atoms with Crippen molar-refractivity contribution in [2.75, 3.05) is 24.5 Å². The number of rotatable bonds is 5. The Labute approximate surface area is 132 Å². The Kier molecular flexibility index (Phi) is 5.09. The molecule has 124 valence electrons. The highest BCUT2D eigenvalue weighted by Gasteiger charge is 2.29. The van der Waals surface area contributed by atoms with Crippen molar-refractivity contribution < 1.29 is 14.6 Å². The van der Waals surface area contributed by atoms with E-state index in [9.17, 15) is 25.0 Å². The van der Waals surface area contributed by atoms with E-state index in [0.29, 0.717) is 38.2 Å². The largest absolute Gasteiger partial charge is 0.366 e. The van der Waals surface area contributed by atoms with Crippen LogP contribution in [0.5, 0.6) is 0 Å². The van der Waals surface area contributed by atoms with Crippen LogP contribution < -0.4 is 10.2 Å². The maximum absolute atomic E-state index is 11.8. The first-order valence-corrected chi connectivity index (χ1v) is 7.39. The molecule has 9 heteroatoms. The van der Waals surface area contributed by atoms with Gasteiger partial charge >= 0.3 is 0 Å². The molecule has 0 atom stereocenters. The van der Waals surface area contributed by atoms with Gasteiger partial charge in [-0.1, -0.05) is 0 Å². The highest BCUT2D eigenvalue weighted by molar-refractivity contribution is 5.79. The van der Waals surface area contributed by atoms with Crippen molar-refractivity contribution in [2.24, 2.45) is 5.92 Å². The SMILES string of the molecule is CCNC(=O)C1CCN(c2ccc([N+](=O)[O-])cc2[N+](=O)[O-])CC1. The quantitative estimate of drug-likeness (QED) is 0.652. The summed E-state index contributed by atoms with van der Waals surface area (Å²) in [6, 6.07) is 3.64. The summed E-state index contributed by atoms with van der Waals surface area (Å²) in [5, 5.41) is 24.7. The number of piperidine rings is 1. The van der Waals surface area contributed by atoms with E-state index in [4.69, 9.17) is 0 Å². The fourth-order valence-corrected chi connectivity index (χ4v) is 2.74. The third-order valence-electron chi connectivity index (χ3n) is 3.92. The van der Waals surface area contributed by atoms with E-state index in [-0.39, 0.29) is 23.2 Å². The second-order valence-corrected chi connectivity index (χ2v) is 5.34. The summed E-state index contributed by atoms with van der Waals surface area (Å²) in [6.07, 6.45) is 1.19. The van der Waals surface area contributed by atoms with E-state index < -0.39 is 9.85 Å². The van der Waals surface area contributed by atoms with Gasteiger partial charge < -0.3 is 10.2 Å². The van der Waals surface area contributed by atoms with Gasteiger partial charge in [-0.15, -0.1) is 0 Å². The molecule has 1 fully saturated rings. The van der Waals surface area contributed by atoms with Gasteiger partial charge in [0.05, 0.1) is 15.9 Å². The topological polar surface area (TPSA) is 119 Å². The fraction of sp³-hybridized carbons (Fsp3) is 0.500. The third-order valence-corrected chi connectivity index (χ3v) is 3.92. The maximum atomic E-state index is 11.8. The predicted molar refractivity (Wildman–Crippen MR) is 83.4 cm³/mol. The molecule has 1 aliphatic heterocycles. The first-order chi connectivity index (χ1) is 10.9. The lowest BCUT2D eigenvalue weighted by Gasteiger charge is -2.32. The van der Waals surface area contributed by atoms with Gasteiger partial charge in [0, 0.05) is 31.6 Å². The molecule has 0 spiro atoms. The Balaban J connectivity index is 2.16. The fourth-order valence-electron chi connectivity index (χ4n) is 2.74. The molecule has 0 aliphatic carbocycles. The molecule has 0 aromatic heterocycles. The minimum absolute atomic E-state index is 0.00495. The van der Waals surface area contributed by atoms with Crippen LogP contribution in [0.1, 0.15) is 19.8 Å². The minimum Gasteiger partial charge on any atom is -0.366 e. The van der Waals surface area contributed by atoms with Gasteiger partial charge in [0.2, 0.25) is 5.91 Å². The van der Waals surface area contributed by atoms with Crippen LogP contribution >= 0.6 is 0 Å². The van der Waals surface area contributed by atoms with E-state index >= 15 is 0 Å². The number of hydrogen-bond donors (Lipinski definition) is 1. The van der Waals surface area contributed by atoms with E-state index in [2.05, 4.69) is 5.32 Å². The number of amides is 1. The highest BCUT2D eigenvalue weighted by atomic mass is 16.6. The van der Waals surface area contributed by atoms with Crippen LogP contribution in [-0.2, 0) is 4.79 Å². The van der Waals surface area contributed by atoms with E-state index in [1.807, 2.05) is 6.92 Å². The molecule has 1 aliphatic rings. The predicted octanol–water partition coefficient (Wildman–Crippen LogP) is 1.86. The molecule has 1 aromatic rings. The molecule has 1 aromatic carbocycles. The Bertz CT molecular complexity index is 626. The van der Waals surface area contributed by atoms with E-state index in [1.165, 1.54) is 12.1 Å². The number of non-ortho nitro benzene ring substituents is 1. The first-order valence-electron chi connectivity index (χ1n) is 7.39. The molecule has 1 saturated heterocycles. The van der Waals surface area contributed by atoms with Crippen LogP contribution in [-0.4, -0.2) is 35.4 Å². The van der Waals surface area contributed by atoms with Crippen molar-refractivity contribution >= 4 is 23.0 Å². The second kappa shape index (κ2) is 7.03. The Morgan fingerprint density at radius 3 is 2.43 bits per heavy atom. The zero-order valence-corrected chi connectivity index (χ0v) is 12.7. The van der Waals surface area contributed by atoms with Crippen LogP contribution in [0.25, 0.3) is 0 Å². The van der Waals surface area contributed by atoms with E-state index in [1.54, 1.807) is 4.90 Å². The number of carbonyl (C=O) groups excluding carboxylic acids is 1. The zero-order chi connectivity index (χ0) is 17.0. The van der Waals surface area contributed by atoms with Gasteiger partial charge in [-0.25, -0.2) is 0 Å². The Hall–Kier alpha value is -2.71. The molecule has 1 N–H and O–H groups in total. The summed E-state index contributed by atoms with van der Waals surface area (Å²) in [7, 11) is 0. The number of anilines is 1. The standard InChI is InChI=1S/C14H18N4O5/c1-2-15-14(19)10-5-7-16(8-6-10)12-4-3-11(17(20)21)9-13(12)18(22)23/h3-4,9-10H,2,5-8H2,1H3,(H,15,19). The van der Waals surface area contributed by atoms with Crippen LogP contribution in [0.2, 0.25) is 0 Å². The number of benzene rings is 1. The number of carbonyl (C=O) groups is 1. The first kappa shape index (κ1) is 16.7. The van der Waals surface area contributed by atoms with Gasteiger partial charge in [0.1, 0.15) is 5.69 Å². The smallest absolute Gasteiger partial charge is 0.299 e. The number of nitro groups is 2. The molecule has 0 radical (unpaired) electrons. The molecule has 0 saturated carbocycles. The van der Waals surface area contributed by atoms with Gasteiger partial charge in [0.15, 0.2) is 0 Å². The van der Waals surface area contributed by atoms with Crippen molar-refractivity contribution in [3.8, 4) is 0 Å². The summed E-state index contributed by atoms with van der Waals surface area (Å²) in [5.74, 6) is -0.0892. The lowest BCUT2D eigenvalue weighted by molar-refractivity contribution is -0.393. The maximum Gasteiger partial charge on any atom is 0.299 e.